The molecule has 4 rings (SSSR count). The molecule has 1 unspecified atom stereocenters. The minimum absolute atomic E-state index is 0.0797. The average Bonchev–Trinajstić information content (AvgIpc) is 3.29. The molecule has 1 atom stereocenters. The summed E-state index contributed by atoms with van der Waals surface area (Å²) in [5.41, 5.74) is 7.75. The van der Waals surface area contributed by atoms with Gasteiger partial charge in [-0.15, -0.1) is 0 Å². The van der Waals surface area contributed by atoms with E-state index in [1.807, 2.05) is 31.2 Å². The summed E-state index contributed by atoms with van der Waals surface area (Å²) in [6.07, 6.45) is 4.15. The summed E-state index contributed by atoms with van der Waals surface area (Å²) in [7, 11) is 1.80. The third kappa shape index (κ3) is 5.34. The summed E-state index contributed by atoms with van der Waals surface area (Å²) in [6, 6.07) is 7.53. The molecule has 0 bridgehead atoms. The topological polar surface area (TPSA) is 114 Å². The molecule has 35 heavy (non-hydrogen) atoms. The molecule has 1 saturated heterocycles. The molecule has 0 spiro atoms. The van der Waals surface area contributed by atoms with Gasteiger partial charge in [-0.2, -0.15) is 5.10 Å². The molecule has 9 heteroatoms. The summed E-state index contributed by atoms with van der Waals surface area (Å²) >= 11 is 0. The van der Waals surface area contributed by atoms with Crippen molar-refractivity contribution in [2.75, 3.05) is 33.3 Å². The molecule has 3 heterocycles. The van der Waals surface area contributed by atoms with Gasteiger partial charge in [-0.05, 0) is 51.3 Å². The summed E-state index contributed by atoms with van der Waals surface area (Å²) in [6.45, 7) is 8.13. The number of aliphatic hydroxyl groups is 1. The highest BCUT2D eigenvalue weighted by Crippen LogP contribution is 2.30. The number of benzene rings is 1. The van der Waals surface area contributed by atoms with Crippen molar-refractivity contribution < 1.29 is 19.4 Å². The van der Waals surface area contributed by atoms with Crippen LogP contribution in [0, 0.1) is 17.4 Å². The van der Waals surface area contributed by atoms with Gasteiger partial charge in [-0.25, -0.2) is 4.68 Å². The Balaban J connectivity index is 1.53. The molecule has 3 N–H and O–H groups in total. The maximum absolute atomic E-state index is 12.3. The minimum Gasteiger partial charge on any atom is -0.445 e. The Morgan fingerprint density at radius 3 is 2.77 bits per heavy atom. The van der Waals surface area contributed by atoms with Crippen molar-refractivity contribution in [2.24, 2.45) is 11.1 Å². The van der Waals surface area contributed by atoms with E-state index in [1.54, 1.807) is 30.5 Å². The Morgan fingerprint density at radius 1 is 1.34 bits per heavy atom. The number of carbonyl (C=O) groups excluding carboxylic acids is 2. The predicted octanol–water partition coefficient (Wildman–Crippen LogP) is 1.29. The Hall–Kier alpha value is -3.35. The maximum atomic E-state index is 12.3. The van der Waals surface area contributed by atoms with Crippen LogP contribution in [0.15, 0.2) is 24.3 Å². The molecule has 9 nitrogen and oxygen atoms in total. The highest BCUT2D eigenvalue weighted by Gasteiger charge is 2.41. The van der Waals surface area contributed by atoms with Gasteiger partial charge in [0, 0.05) is 50.8 Å². The fourth-order valence-corrected chi connectivity index (χ4v) is 4.79. The number of likely N-dealkylation sites (tertiary alicyclic amines) is 1. The second kappa shape index (κ2) is 9.36. The van der Waals surface area contributed by atoms with Crippen molar-refractivity contribution in [3.8, 4) is 17.7 Å². The highest BCUT2D eigenvalue weighted by molar-refractivity contribution is 5.92. The van der Waals surface area contributed by atoms with Gasteiger partial charge in [0.2, 0.25) is 5.91 Å². The third-order valence-electron chi connectivity index (χ3n) is 6.59. The number of ether oxygens (including phenoxy) is 1. The number of aromatic nitrogens is 2. The van der Waals surface area contributed by atoms with E-state index >= 15 is 0 Å². The fourth-order valence-electron chi connectivity index (χ4n) is 4.79. The van der Waals surface area contributed by atoms with Gasteiger partial charge in [0.05, 0.1) is 22.4 Å². The van der Waals surface area contributed by atoms with Gasteiger partial charge in [-0.3, -0.25) is 14.5 Å². The lowest BCUT2D eigenvalue weighted by atomic mass is 9.90. The van der Waals surface area contributed by atoms with E-state index in [4.69, 9.17) is 10.5 Å². The van der Waals surface area contributed by atoms with Crippen LogP contribution in [0.2, 0.25) is 0 Å². The van der Waals surface area contributed by atoms with Crippen LogP contribution in [-0.2, 0) is 22.5 Å². The van der Waals surface area contributed by atoms with Crippen LogP contribution in [0.25, 0.3) is 5.69 Å². The Bertz CT molecular complexity index is 1200. The van der Waals surface area contributed by atoms with E-state index in [1.165, 1.54) is 0 Å². The minimum atomic E-state index is -0.839. The second-order valence-electron chi connectivity index (χ2n) is 10.4. The number of rotatable bonds is 6. The number of fused-ring (bicyclic) bond motifs is 1. The highest BCUT2D eigenvalue weighted by atomic mass is 16.5. The Labute approximate surface area is 205 Å². The monoisotopic (exact) mass is 479 g/mol. The second-order valence-corrected chi connectivity index (χ2v) is 10.4. The van der Waals surface area contributed by atoms with Crippen LogP contribution in [0.3, 0.4) is 0 Å². The molecule has 2 amide bonds. The SMILES string of the molecule is CN1CCC(C)(COC#Cc2cccc(-n3nc(C(N)=O)c4c3CCN(CC(C)(C)O)C4)c2)C1=O. The lowest BCUT2D eigenvalue weighted by Crippen LogP contribution is -2.41. The molecular formula is C26H33N5O4. The van der Waals surface area contributed by atoms with Gasteiger partial charge in [-0.1, -0.05) is 6.07 Å². The first-order valence-corrected chi connectivity index (χ1v) is 11.8. The van der Waals surface area contributed by atoms with Crippen molar-refractivity contribution in [3.05, 3.63) is 46.8 Å². The average molecular weight is 480 g/mol. The smallest absolute Gasteiger partial charge is 0.269 e. The third-order valence-corrected chi connectivity index (χ3v) is 6.59. The molecule has 1 aromatic carbocycles. The zero-order chi connectivity index (χ0) is 25.4. The summed E-state index contributed by atoms with van der Waals surface area (Å²) in [5.74, 6) is 2.50. The molecule has 0 radical (unpaired) electrons. The first-order chi connectivity index (χ1) is 16.5. The standard InChI is InChI=1S/C26H33N5O4/c1-25(2,34)16-30-11-8-21-20(15-30)22(23(27)32)28-31(21)19-7-5-6-18(14-19)9-13-35-17-26(3)10-12-29(4)24(26)33/h5-7,14,34H,8,10-12,15-17H2,1-4H3,(H2,27,32). The number of β-amino-alcohol motifs (C(OH)–C–C–N with tert-alkyl or cyclic N) is 1. The van der Waals surface area contributed by atoms with Crippen LogP contribution in [0.5, 0.6) is 0 Å². The van der Waals surface area contributed by atoms with Crippen LogP contribution >= 0.6 is 0 Å². The number of nitrogens with zero attached hydrogens (tertiary/aromatic N) is 4. The van der Waals surface area contributed by atoms with Crippen LogP contribution in [0.1, 0.15) is 54.5 Å². The normalized spacial score (nSPS) is 20.4. The van der Waals surface area contributed by atoms with Gasteiger partial charge in [0.25, 0.3) is 5.91 Å². The zero-order valence-corrected chi connectivity index (χ0v) is 20.8. The van der Waals surface area contributed by atoms with E-state index in [9.17, 15) is 14.7 Å². The van der Waals surface area contributed by atoms with E-state index in [-0.39, 0.29) is 18.2 Å². The number of amides is 2. The number of hydrogen-bond acceptors (Lipinski definition) is 6. The molecule has 2 aliphatic rings. The molecule has 1 fully saturated rings. The van der Waals surface area contributed by atoms with E-state index in [0.29, 0.717) is 19.5 Å². The largest absolute Gasteiger partial charge is 0.445 e. The van der Waals surface area contributed by atoms with E-state index < -0.39 is 16.9 Å². The molecular weight excluding hydrogens is 446 g/mol. The van der Waals surface area contributed by atoms with Crippen LogP contribution in [0.4, 0.5) is 0 Å². The number of nitrogens with two attached hydrogens (primary N) is 1. The van der Waals surface area contributed by atoms with E-state index in [0.717, 1.165) is 42.0 Å². The van der Waals surface area contributed by atoms with Crippen molar-refractivity contribution in [2.45, 2.75) is 45.8 Å². The lowest BCUT2D eigenvalue weighted by Gasteiger charge is -2.32. The number of carbonyl (C=O) groups is 2. The van der Waals surface area contributed by atoms with Gasteiger partial charge >= 0.3 is 0 Å². The van der Waals surface area contributed by atoms with Crippen molar-refractivity contribution in [3.63, 3.8) is 0 Å². The maximum Gasteiger partial charge on any atom is 0.269 e. The summed E-state index contributed by atoms with van der Waals surface area (Å²) < 4.78 is 7.31. The molecule has 0 aliphatic carbocycles. The predicted molar refractivity (Wildman–Crippen MR) is 131 cm³/mol. The molecule has 186 valence electrons. The summed E-state index contributed by atoms with van der Waals surface area (Å²) in [5, 5.41) is 14.7. The summed E-state index contributed by atoms with van der Waals surface area (Å²) in [4.78, 5) is 28.3. The molecule has 2 aliphatic heterocycles. The Morgan fingerprint density at radius 2 is 2.11 bits per heavy atom. The molecule has 1 aromatic heterocycles. The molecule has 0 saturated carbocycles. The zero-order valence-electron chi connectivity index (χ0n) is 20.8. The fraction of sp³-hybridized carbons (Fsp3) is 0.500. The van der Waals surface area contributed by atoms with Crippen LogP contribution in [-0.4, -0.2) is 75.4 Å². The number of hydrogen-bond donors (Lipinski definition) is 2. The Kier molecular flexibility index (Phi) is 6.62. The molecule has 2 aromatic rings. The lowest BCUT2D eigenvalue weighted by molar-refractivity contribution is -0.135. The van der Waals surface area contributed by atoms with Gasteiger partial charge < -0.3 is 20.5 Å². The van der Waals surface area contributed by atoms with Crippen molar-refractivity contribution in [1.82, 2.24) is 19.6 Å². The van der Waals surface area contributed by atoms with Gasteiger partial charge in [0.1, 0.15) is 12.7 Å². The first-order valence-electron chi connectivity index (χ1n) is 11.8. The van der Waals surface area contributed by atoms with Crippen molar-refractivity contribution >= 4 is 11.8 Å². The first kappa shape index (κ1) is 24.8. The quantitative estimate of drug-likeness (QED) is 0.604. The van der Waals surface area contributed by atoms with E-state index in [2.05, 4.69) is 22.0 Å². The van der Waals surface area contributed by atoms with Crippen LogP contribution < -0.4 is 5.73 Å². The van der Waals surface area contributed by atoms with Crippen molar-refractivity contribution in [1.29, 1.82) is 0 Å². The van der Waals surface area contributed by atoms with Gasteiger partial charge in [0.15, 0.2) is 5.69 Å². The number of primary amides is 1.